The molecule has 0 bridgehead atoms. The van der Waals surface area contributed by atoms with Gasteiger partial charge in [0, 0.05) is 25.9 Å². The van der Waals surface area contributed by atoms with Crippen LogP contribution < -0.4 is 5.32 Å². The Morgan fingerprint density at radius 1 is 1.12 bits per heavy atom. The zero-order valence-corrected chi connectivity index (χ0v) is 15.6. The Hall–Kier alpha value is -2.17. The van der Waals surface area contributed by atoms with E-state index in [4.69, 9.17) is 0 Å². The second-order valence-electron chi connectivity index (χ2n) is 7.37. The zero-order valence-electron chi connectivity index (χ0n) is 15.6. The summed E-state index contributed by atoms with van der Waals surface area (Å²) in [5.41, 5.74) is 3.17. The highest BCUT2D eigenvalue weighted by Gasteiger charge is 2.46. The van der Waals surface area contributed by atoms with E-state index in [9.17, 15) is 9.90 Å². The van der Waals surface area contributed by atoms with Crippen molar-refractivity contribution < 1.29 is 9.90 Å². The first kappa shape index (κ1) is 18.6. The average Bonchev–Trinajstić information content (AvgIpc) is 3.06. The summed E-state index contributed by atoms with van der Waals surface area (Å²) in [6.07, 6.45) is 1.77. The van der Waals surface area contributed by atoms with Gasteiger partial charge < -0.3 is 10.4 Å². The fourth-order valence-electron chi connectivity index (χ4n) is 3.76. The quantitative estimate of drug-likeness (QED) is 0.803. The number of nitrogens with one attached hydrogen (secondary N) is 1. The number of amides is 1. The van der Waals surface area contributed by atoms with Gasteiger partial charge in [-0.3, -0.25) is 9.69 Å². The predicted octanol–water partition coefficient (Wildman–Crippen LogP) is 2.20. The van der Waals surface area contributed by atoms with Crippen LogP contribution in [0.25, 0.3) is 0 Å². The monoisotopic (exact) mass is 352 g/mol. The van der Waals surface area contributed by atoms with Crippen LogP contribution in [0.5, 0.6) is 0 Å². The number of carbonyl (C=O) groups is 1. The summed E-state index contributed by atoms with van der Waals surface area (Å²) in [7, 11) is 2.04. The van der Waals surface area contributed by atoms with Crippen LogP contribution in [-0.2, 0) is 24.1 Å². The minimum Gasteiger partial charge on any atom is -0.392 e. The third-order valence-electron chi connectivity index (χ3n) is 5.37. The van der Waals surface area contributed by atoms with Crippen molar-refractivity contribution >= 4 is 5.91 Å². The van der Waals surface area contributed by atoms with Crippen LogP contribution in [0.4, 0.5) is 0 Å². The normalized spacial score (nSPS) is 16.3. The van der Waals surface area contributed by atoms with Gasteiger partial charge in [0.15, 0.2) is 0 Å². The Balaban J connectivity index is 1.78. The van der Waals surface area contributed by atoms with Crippen molar-refractivity contribution in [1.29, 1.82) is 0 Å². The number of hydrogen-bond acceptors (Lipinski definition) is 3. The predicted molar refractivity (Wildman–Crippen MR) is 104 cm³/mol. The molecule has 4 nitrogen and oxygen atoms in total. The van der Waals surface area contributed by atoms with Gasteiger partial charge in [0.1, 0.15) is 5.54 Å². The lowest BCUT2D eigenvalue weighted by molar-refractivity contribution is -0.132. The highest BCUT2D eigenvalue weighted by atomic mass is 16.3. The number of aliphatic hydroxyl groups excluding tert-OH is 1. The molecule has 1 atom stereocenters. The molecule has 1 aliphatic rings. The van der Waals surface area contributed by atoms with Crippen molar-refractivity contribution in [3.05, 3.63) is 71.3 Å². The van der Waals surface area contributed by atoms with Crippen LogP contribution in [0.3, 0.4) is 0 Å². The first-order chi connectivity index (χ1) is 12.5. The first-order valence-electron chi connectivity index (χ1n) is 9.29. The smallest absolute Gasteiger partial charge is 0.241 e. The molecule has 0 radical (unpaired) electrons. The molecule has 0 spiro atoms. The van der Waals surface area contributed by atoms with Crippen molar-refractivity contribution in [3.63, 3.8) is 0 Å². The van der Waals surface area contributed by atoms with Gasteiger partial charge >= 0.3 is 0 Å². The molecule has 2 N–H and O–H groups in total. The van der Waals surface area contributed by atoms with Gasteiger partial charge in [-0.1, -0.05) is 54.6 Å². The number of aliphatic hydroxyl groups is 1. The second-order valence-corrected chi connectivity index (χ2v) is 7.37. The van der Waals surface area contributed by atoms with Crippen molar-refractivity contribution in [3.8, 4) is 0 Å². The summed E-state index contributed by atoms with van der Waals surface area (Å²) in [6.45, 7) is 2.78. The number of likely N-dealkylation sites (N-methyl/N-ethyl adjacent to an activating group) is 1. The average molecular weight is 352 g/mol. The number of hydrogen-bond donors (Lipinski definition) is 2. The van der Waals surface area contributed by atoms with E-state index in [0.717, 1.165) is 13.0 Å². The van der Waals surface area contributed by atoms with Gasteiger partial charge in [0.25, 0.3) is 0 Å². The van der Waals surface area contributed by atoms with Crippen LogP contribution in [0.2, 0.25) is 0 Å². The molecule has 0 aromatic heterocycles. The summed E-state index contributed by atoms with van der Waals surface area (Å²) in [6, 6.07) is 18.7. The lowest BCUT2D eigenvalue weighted by Crippen LogP contribution is -2.59. The van der Waals surface area contributed by atoms with Gasteiger partial charge in [0.2, 0.25) is 5.91 Å². The molecule has 0 fully saturated rings. The zero-order chi connectivity index (χ0) is 18.6. The molecule has 26 heavy (non-hydrogen) atoms. The maximum atomic E-state index is 13.1. The Labute approximate surface area is 155 Å². The largest absolute Gasteiger partial charge is 0.392 e. The van der Waals surface area contributed by atoms with Crippen molar-refractivity contribution in [2.75, 3.05) is 20.1 Å². The van der Waals surface area contributed by atoms with Crippen LogP contribution in [0, 0.1) is 0 Å². The molecule has 1 amide bonds. The van der Waals surface area contributed by atoms with E-state index >= 15 is 0 Å². The number of carbonyl (C=O) groups excluding carboxylic acids is 1. The third-order valence-corrected chi connectivity index (χ3v) is 5.37. The molecule has 0 aliphatic heterocycles. The Bertz CT molecular complexity index is 718. The SMILES string of the molecule is C[C@H](O)CNC(=O)C1(N(C)CCc2ccccc2)Cc2ccccc2C1. The summed E-state index contributed by atoms with van der Waals surface area (Å²) >= 11 is 0. The van der Waals surface area contributed by atoms with Crippen LogP contribution in [0.15, 0.2) is 54.6 Å². The highest BCUT2D eigenvalue weighted by Crippen LogP contribution is 2.34. The van der Waals surface area contributed by atoms with E-state index in [0.29, 0.717) is 12.8 Å². The number of benzene rings is 2. The molecule has 0 saturated heterocycles. The van der Waals surface area contributed by atoms with Gasteiger partial charge in [-0.15, -0.1) is 0 Å². The minimum atomic E-state index is -0.590. The lowest BCUT2D eigenvalue weighted by Gasteiger charge is -2.37. The van der Waals surface area contributed by atoms with Crippen LogP contribution in [-0.4, -0.2) is 47.7 Å². The maximum absolute atomic E-state index is 13.1. The Kier molecular flexibility index (Phi) is 5.74. The number of fused-ring (bicyclic) bond motifs is 1. The molecule has 2 aromatic carbocycles. The fraction of sp³-hybridized carbons (Fsp3) is 0.409. The van der Waals surface area contributed by atoms with Gasteiger partial charge in [-0.2, -0.15) is 0 Å². The Morgan fingerprint density at radius 2 is 1.69 bits per heavy atom. The van der Waals surface area contributed by atoms with Gasteiger partial charge in [-0.05, 0) is 37.1 Å². The molecule has 0 unspecified atom stereocenters. The van der Waals surface area contributed by atoms with Crippen molar-refractivity contribution in [2.24, 2.45) is 0 Å². The molecule has 3 rings (SSSR count). The van der Waals surface area contributed by atoms with Crippen LogP contribution >= 0.6 is 0 Å². The van der Waals surface area contributed by atoms with Gasteiger partial charge in [-0.25, -0.2) is 0 Å². The molecule has 1 aliphatic carbocycles. The first-order valence-corrected chi connectivity index (χ1v) is 9.29. The van der Waals surface area contributed by atoms with E-state index in [2.05, 4.69) is 34.5 Å². The highest BCUT2D eigenvalue weighted by molar-refractivity contribution is 5.88. The van der Waals surface area contributed by atoms with Crippen molar-refractivity contribution in [2.45, 2.75) is 37.8 Å². The molecule has 0 saturated carbocycles. The molecule has 0 heterocycles. The topological polar surface area (TPSA) is 52.6 Å². The van der Waals surface area contributed by atoms with Crippen molar-refractivity contribution in [1.82, 2.24) is 10.2 Å². The summed E-state index contributed by atoms with van der Waals surface area (Å²) < 4.78 is 0. The number of rotatable bonds is 7. The summed E-state index contributed by atoms with van der Waals surface area (Å²) in [5.74, 6) is 0.00478. The van der Waals surface area contributed by atoms with E-state index < -0.39 is 11.6 Å². The van der Waals surface area contributed by atoms with E-state index in [1.54, 1.807) is 6.92 Å². The standard InChI is InChI=1S/C22H28N2O2/c1-17(25)16-23-21(26)22(14-19-10-6-7-11-20(19)15-22)24(2)13-12-18-8-4-3-5-9-18/h3-11,17,25H,12-16H2,1-2H3,(H,23,26)/t17-/m0/s1. The fourth-order valence-corrected chi connectivity index (χ4v) is 3.76. The molecular formula is C22H28N2O2. The van der Waals surface area contributed by atoms with E-state index in [-0.39, 0.29) is 12.5 Å². The summed E-state index contributed by atoms with van der Waals surface area (Å²) in [4.78, 5) is 15.3. The molecular weight excluding hydrogens is 324 g/mol. The molecule has 138 valence electrons. The van der Waals surface area contributed by atoms with Crippen LogP contribution in [0.1, 0.15) is 23.6 Å². The van der Waals surface area contributed by atoms with Gasteiger partial charge in [0.05, 0.1) is 6.10 Å². The van der Waals surface area contributed by atoms with E-state index in [1.165, 1.54) is 16.7 Å². The molecule has 2 aromatic rings. The minimum absolute atomic E-state index is 0.00478. The molecule has 4 heteroatoms. The summed E-state index contributed by atoms with van der Waals surface area (Å²) in [5, 5.41) is 12.5. The Morgan fingerprint density at radius 3 is 2.27 bits per heavy atom. The second kappa shape index (κ2) is 8.02. The van der Waals surface area contributed by atoms with E-state index in [1.807, 2.05) is 37.4 Å². The lowest BCUT2D eigenvalue weighted by atomic mass is 9.91. The number of nitrogens with zero attached hydrogens (tertiary/aromatic N) is 1. The maximum Gasteiger partial charge on any atom is 0.241 e. The third kappa shape index (κ3) is 3.97.